The number of allylic oxidation sites excluding steroid dienone is 22. The minimum absolute atomic E-state index is 0.291. The molecule has 0 aromatic heterocycles. The first-order valence-electron chi connectivity index (χ1n) is 15.3. The van der Waals surface area contributed by atoms with Crippen LogP contribution in [0.4, 0.5) is 0 Å². The SMILES string of the molecule is CC(C=CC=C(C)C=CC1=C(C)CCCC1(C)C)=CC=CC=C(C)/C=C/C=C(/C)C=CC1=C(C)CCCC1(C)C. The van der Waals surface area contributed by atoms with Crippen molar-refractivity contribution in [3.8, 4) is 0 Å². The largest absolute Gasteiger partial charge is 0.0696 e. The molecule has 0 unspecified atom stereocenters. The van der Waals surface area contributed by atoms with Gasteiger partial charge in [-0.15, -0.1) is 0 Å². The van der Waals surface area contributed by atoms with Crippen LogP contribution >= 0.6 is 0 Å². The van der Waals surface area contributed by atoms with Crippen LogP contribution in [0, 0.1) is 10.8 Å². The Bertz CT molecular complexity index is 1120. The lowest BCUT2D eigenvalue weighted by molar-refractivity contribution is 0.376. The molecule has 2 aliphatic rings. The molecule has 0 heterocycles. The summed E-state index contributed by atoms with van der Waals surface area (Å²) in [6.45, 7) is 22.7. The summed E-state index contributed by atoms with van der Waals surface area (Å²) in [5.41, 5.74) is 11.7. The molecule has 0 bridgehead atoms. The molecule has 0 nitrogen and oxygen atoms in total. The maximum Gasteiger partial charge on any atom is -0.0104 e. The maximum absolute atomic E-state index is 2.37. The average molecular weight is 537 g/mol. The lowest BCUT2D eigenvalue weighted by atomic mass is 9.72. The van der Waals surface area contributed by atoms with E-state index >= 15 is 0 Å². The Morgan fingerprint density at radius 2 is 0.825 bits per heavy atom. The molecule has 2 aliphatic carbocycles. The molecular formula is C40H56. The van der Waals surface area contributed by atoms with Crippen LogP contribution < -0.4 is 0 Å². The Hall–Kier alpha value is -2.86. The van der Waals surface area contributed by atoms with Gasteiger partial charge in [-0.05, 0) is 102 Å². The van der Waals surface area contributed by atoms with Crippen LogP contribution in [-0.2, 0) is 0 Å². The topological polar surface area (TPSA) is 0 Å². The Morgan fingerprint density at radius 1 is 0.500 bits per heavy atom. The van der Waals surface area contributed by atoms with Crippen LogP contribution in [-0.4, -0.2) is 0 Å². The summed E-state index contributed by atoms with van der Waals surface area (Å²) in [6.07, 6.45) is 38.4. The molecule has 0 atom stereocenters. The molecule has 0 heteroatoms. The van der Waals surface area contributed by atoms with Gasteiger partial charge in [0, 0.05) is 0 Å². The van der Waals surface area contributed by atoms with Gasteiger partial charge in [0.1, 0.15) is 0 Å². The summed E-state index contributed by atoms with van der Waals surface area (Å²) < 4.78 is 0. The predicted octanol–water partition coefficient (Wildman–Crippen LogP) is 12.6. The van der Waals surface area contributed by atoms with Crippen molar-refractivity contribution in [3.63, 3.8) is 0 Å². The second-order valence-corrected chi connectivity index (χ2v) is 13.3. The smallest absolute Gasteiger partial charge is 0.0104 e. The van der Waals surface area contributed by atoms with E-state index in [-0.39, 0.29) is 0 Å². The van der Waals surface area contributed by atoms with Crippen LogP contribution in [0.3, 0.4) is 0 Å². The Labute approximate surface area is 247 Å². The van der Waals surface area contributed by atoms with E-state index in [1.807, 2.05) is 0 Å². The molecule has 0 saturated heterocycles. The van der Waals surface area contributed by atoms with Gasteiger partial charge in [-0.2, -0.15) is 0 Å². The van der Waals surface area contributed by atoms with Crippen molar-refractivity contribution in [3.05, 3.63) is 130 Å². The maximum atomic E-state index is 2.37. The molecule has 0 amide bonds. The van der Waals surface area contributed by atoms with Gasteiger partial charge in [-0.25, -0.2) is 0 Å². The molecule has 0 aromatic rings. The minimum Gasteiger partial charge on any atom is -0.0696 e. The monoisotopic (exact) mass is 536 g/mol. The zero-order chi connectivity index (χ0) is 29.8. The van der Waals surface area contributed by atoms with Crippen molar-refractivity contribution in [2.45, 2.75) is 108 Å². The zero-order valence-electron chi connectivity index (χ0n) is 27.3. The van der Waals surface area contributed by atoms with Crippen molar-refractivity contribution in [1.82, 2.24) is 0 Å². The molecule has 0 aliphatic heterocycles. The summed E-state index contributed by atoms with van der Waals surface area (Å²) in [7, 11) is 0. The minimum atomic E-state index is 0.291. The van der Waals surface area contributed by atoms with E-state index in [1.54, 1.807) is 11.1 Å². The first kappa shape index (κ1) is 33.3. The van der Waals surface area contributed by atoms with Crippen LogP contribution in [0.1, 0.15) is 108 Å². The van der Waals surface area contributed by atoms with Gasteiger partial charge in [0.2, 0.25) is 0 Å². The summed E-state index contributed by atoms with van der Waals surface area (Å²) in [5.74, 6) is 0. The molecule has 0 aromatic carbocycles. The van der Waals surface area contributed by atoms with E-state index < -0.39 is 0 Å². The number of rotatable bonds is 10. The molecule has 0 saturated carbocycles. The summed E-state index contributed by atoms with van der Waals surface area (Å²) in [5, 5.41) is 0. The highest BCUT2D eigenvalue weighted by Crippen LogP contribution is 2.41. The normalized spacial score (nSPS) is 21.9. The lowest BCUT2D eigenvalue weighted by Gasteiger charge is -2.33. The quantitative estimate of drug-likeness (QED) is 0.244. The van der Waals surface area contributed by atoms with Crippen molar-refractivity contribution in [2.24, 2.45) is 10.8 Å². The lowest BCUT2D eigenvalue weighted by Crippen LogP contribution is -2.19. The van der Waals surface area contributed by atoms with Crippen LogP contribution in [0.25, 0.3) is 0 Å². The van der Waals surface area contributed by atoms with Gasteiger partial charge in [0.05, 0.1) is 0 Å². The fraction of sp³-hybridized carbons (Fsp3) is 0.450. The second kappa shape index (κ2) is 15.8. The third kappa shape index (κ3) is 11.3. The Morgan fingerprint density at radius 3 is 1.18 bits per heavy atom. The third-order valence-corrected chi connectivity index (χ3v) is 8.38. The fourth-order valence-corrected chi connectivity index (χ4v) is 5.79. The molecule has 0 N–H and O–H groups in total. The number of hydrogen-bond donors (Lipinski definition) is 0. The molecule has 216 valence electrons. The molecular weight excluding hydrogens is 480 g/mol. The average Bonchev–Trinajstić information content (AvgIpc) is 2.85. The predicted molar refractivity (Wildman–Crippen MR) is 181 cm³/mol. The molecule has 0 radical (unpaired) electrons. The van der Waals surface area contributed by atoms with Crippen molar-refractivity contribution < 1.29 is 0 Å². The number of hydrogen-bond acceptors (Lipinski definition) is 0. The van der Waals surface area contributed by atoms with Gasteiger partial charge >= 0.3 is 0 Å². The van der Waals surface area contributed by atoms with Crippen molar-refractivity contribution in [2.75, 3.05) is 0 Å². The highest BCUT2D eigenvalue weighted by Gasteiger charge is 2.27. The van der Waals surface area contributed by atoms with E-state index in [4.69, 9.17) is 0 Å². The Balaban J connectivity index is 1.89. The van der Waals surface area contributed by atoms with Crippen LogP contribution in [0.5, 0.6) is 0 Å². The highest BCUT2D eigenvalue weighted by atomic mass is 14.3. The summed E-state index contributed by atoms with van der Waals surface area (Å²) in [6, 6.07) is 0. The van der Waals surface area contributed by atoms with E-state index in [0.717, 1.165) is 0 Å². The van der Waals surface area contributed by atoms with Gasteiger partial charge in [-0.3, -0.25) is 0 Å². The van der Waals surface area contributed by atoms with E-state index in [2.05, 4.69) is 154 Å². The second-order valence-electron chi connectivity index (χ2n) is 13.3. The fourth-order valence-electron chi connectivity index (χ4n) is 5.79. The molecule has 40 heavy (non-hydrogen) atoms. The van der Waals surface area contributed by atoms with Crippen LogP contribution in [0.2, 0.25) is 0 Å². The van der Waals surface area contributed by atoms with Gasteiger partial charge in [0.25, 0.3) is 0 Å². The third-order valence-electron chi connectivity index (χ3n) is 8.38. The van der Waals surface area contributed by atoms with E-state index in [0.29, 0.717) is 10.8 Å². The molecule has 0 spiro atoms. The van der Waals surface area contributed by atoms with Crippen LogP contribution in [0.15, 0.2) is 130 Å². The van der Waals surface area contributed by atoms with Crippen molar-refractivity contribution >= 4 is 0 Å². The highest BCUT2D eigenvalue weighted by molar-refractivity contribution is 5.39. The molecule has 0 fully saturated rings. The first-order chi connectivity index (χ1) is 18.8. The summed E-state index contributed by atoms with van der Waals surface area (Å²) >= 11 is 0. The van der Waals surface area contributed by atoms with E-state index in [1.165, 1.54) is 72.0 Å². The van der Waals surface area contributed by atoms with E-state index in [9.17, 15) is 0 Å². The first-order valence-corrected chi connectivity index (χ1v) is 15.3. The van der Waals surface area contributed by atoms with Gasteiger partial charge in [0.15, 0.2) is 0 Å². The molecule has 2 rings (SSSR count). The zero-order valence-corrected chi connectivity index (χ0v) is 27.3. The van der Waals surface area contributed by atoms with Gasteiger partial charge in [-0.1, -0.05) is 146 Å². The standard InChI is InChI=1S/C40H56/c1-31(19-13-21-33(3)25-27-37-35(5)23-15-29-39(37,7)8)17-11-12-18-32(2)20-14-22-34(4)26-28-38-36(6)24-16-30-40(38,9)10/h11-14,17-22,25-28H,15-16,23-24,29-30H2,1-10H3/b12-11?,19-13+,20-14?,27-25?,28-26?,31-17?,32-18?,33-21-,34-22?. The van der Waals surface area contributed by atoms with Crippen molar-refractivity contribution in [1.29, 1.82) is 0 Å². The Kier molecular flexibility index (Phi) is 13.2. The summed E-state index contributed by atoms with van der Waals surface area (Å²) in [4.78, 5) is 0. The van der Waals surface area contributed by atoms with Gasteiger partial charge < -0.3 is 0 Å².